The molecule has 1 saturated heterocycles. The number of aldehydes is 1. The van der Waals surface area contributed by atoms with Gasteiger partial charge in [0.15, 0.2) is 0 Å². The van der Waals surface area contributed by atoms with E-state index in [9.17, 15) is 28.0 Å². The van der Waals surface area contributed by atoms with Crippen LogP contribution in [0.15, 0.2) is 48.7 Å². The fourth-order valence-electron chi connectivity index (χ4n) is 3.31. The van der Waals surface area contributed by atoms with E-state index in [1.54, 1.807) is 18.3 Å². The van der Waals surface area contributed by atoms with Crippen molar-refractivity contribution in [3.8, 4) is 6.07 Å². The second-order valence-electron chi connectivity index (χ2n) is 7.25. The average molecular weight is 446 g/mol. The highest BCUT2D eigenvalue weighted by molar-refractivity contribution is 6.03. The average Bonchev–Trinajstić information content (AvgIpc) is 2.76. The molecule has 0 unspecified atom stereocenters. The smallest absolute Gasteiger partial charge is 0.384 e. The zero-order chi connectivity index (χ0) is 23.9. The van der Waals surface area contributed by atoms with Gasteiger partial charge in [-0.25, -0.2) is 4.98 Å². The molecule has 0 saturated carbocycles. The van der Waals surface area contributed by atoms with Crippen molar-refractivity contribution in [3.05, 3.63) is 59.8 Å². The van der Waals surface area contributed by atoms with E-state index in [-0.39, 0.29) is 24.2 Å². The summed E-state index contributed by atoms with van der Waals surface area (Å²) in [6, 6.07) is 14.5. The van der Waals surface area contributed by atoms with E-state index in [1.165, 1.54) is 0 Å². The molecule has 32 heavy (non-hydrogen) atoms. The number of hydrogen-bond acceptors (Lipinski definition) is 6. The molecule has 1 aliphatic heterocycles. The van der Waals surface area contributed by atoms with Crippen molar-refractivity contribution in [2.75, 3.05) is 5.73 Å². The number of nitriles is 1. The van der Waals surface area contributed by atoms with Crippen LogP contribution in [0.4, 0.5) is 19.0 Å². The molecule has 7 nitrogen and oxygen atoms in total. The molecule has 0 spiro atoms. The molecular formula is C22H21F3N4O3. The number of β-lactam (4-membered cyclic amide) rings is 1. The number of nitrogens with two attached hydrogens (primary N) is 1. The van der Waals surface area contributed by atoms with Gasteiger partial charge in [-0.15, -0.1) is 0 Å². The minimum absolute atomic E-state index is 0.0186. The number of rotatable bonds is 5. The summed E-state index contributed by atoms with van der Waals surface area (Å²) >= 11 is 0. The number of alkyl halides is 3. The topological polar surface area (TPSA) is 117 Å². The van der Waals surface area contributed by atoms with Gasteiger partial charge in [0.1, 0.15) is 11.9 Å². The highest BCUT2D eigenvalue weighted by Gasteiger charge is 2.50. The third-order valence-electron chi connectivity index (χ3n) is 4.90. The van der Waals surface area contributed by atoms with Gasteiger partial charge in [-0.1, -0.05) is 37.3 Å². The van der Waals surface area contributed by atoms with Crippen LogP contribution in [0, 0.1) is 17.2 Å². The molecule has 2 heterocycles. The van der Waals surface area contributed by atoms with Crippen molar-refractivity contribution in [1.29, 1.82) is 5.26 Å². The molecule has 0 radical (unpaired) electrons. The highest BCUT2D eigenvalue weighted by Crippen LogP contribution is 2.32. The Morgan fingerprint density at radius 1 is 1.31 bits per heavy atom. The van der Waals surface area contributed by atoms with Crippen LogP contribution >= 0.6 is 0 Å². The van der Waals surface area contributed by atoms with Crippen molar-refractivity contribution in [2.45, 2.75) is 37.9 Å². The number of nitrogen functional groups attached to an aromatic ring is 1. The van der Waals surface area contributed by atoms with E-state index in [2.05, 4.69) is 11.1 Å². The first-order valence-corrected chi connectivity index (χ1v) is 9.61. The number of carbonyl (C=O) groups excluding carboxylic acids is 3. The molecule has 2 aromatic rings. The first-order valence-electron chi connectivity index (χ1n) is 9.61. The molecule has 168 valence electrons. The molecule has 1 aromatic carbocycles. The molecule has 2 amide bonds. The summed E-state index contributed by atoms with van der Waals surface area (Å²) in [6.45, 7) is 1.94. The molecule has 2 N–H and O–H groups in total. The van der Waals surface area contributed by atoms with Crippen LogP contribution in [0.3, 0.4) is 0 Å². The molecule has 1 aliphatic rings. The van der Waals surface area contributed by atoms with E-state index in [0.717, 1.165) is 16.0 Å². The largest absolute Gasteiger partial charge is 0.446 e. The number of aromatic nitrogens is 1. The number of anilines is 1. The number of benzene rings is 1. The Balaban J connectivity index is 0.000000534. The zero-order valence-electron chi connectivity index (χ0n) is 17.1. The molecule has 0 bridgehead atoms. The molecule has 0 aliphatic carbocycles. The Kier molecular flexibility index (Phi) is 8.07. The third-order valence-corrected chi connectivity index (χ3v) is 4.90. The molecule has 1 aromatic heterocycles. The van der Waals surface area contributed by atoms with E-state index >= 15 is 0 Å². The predicted molar refractivity (Wildman–Crippen MR) is 109 cm³/mol. The van der Waals surface area contributed by atoms with Crippen LogP contribution in [-0.2, 0) is 20.8 Å². The van der Waals surface area contributed by atoms with Gasteiger partial charge in [0.2, 0.25) is 18.1 Å². The van der Waals surface area contributed by atoms with Crippen molar-refractivity contribution in [1.82, 2.24) is 9.88 Å². The maximum absolute atomic E-state index is 12.6. The summed E-state index contributed by atoms with van der Waals surface area (Å²) in [5, 5.41) is 9.44. The van der Waals surface area contributed by atoms with Crippen LogP contribution in [-0.4, -0.2) is 40.2 Å². The number of imide groups is 1. The van der Waals surface area contributed by atoms with Gasteiger partial charge in [-0.2, -0.15) is 18.4 Å². The van der Waals surface area contributed by atoms with Crippen LogP contribution < -0.4 is 5.73 Å². The number of halogens is 3. The molecule has 3 atom stereocenters. The predicted octanol–water partition coefficient (Wildman–Crippen LogP) is 3.02. The van der Waals surface area contributed by atoms with Gasteiger partial charge in [-0.05, 0) is 35.6 Å². The molecular weight excluding hydrogens is 425 g/mol. The van der Waals surface area contributed by atoms with Crippen LogP contribution in [0.25, 0.3) is 0 Å². The molecule has 3 rings (SSSR count). The summed E-state index contributed by atoms with van der Waals surface area (Å²) in [5.74, 6) is -0.763. The number of amides is 2. The lowest BCUT2D eigenvalue weighted by molar-refractivity contribution is -0.163. The summed E-state index contributed by atoms with van der Waals surface area (Å²) < 4.78 is 31.2. The number of nitrogens with zero attached hydrogens (tertiary/aromatic N) is 3. The van der Waals surface area contributed by atoms with Crippen LogP contribution in [0.2, 0.25) is 0 Å². The summed E-state index contributed by atoms with van der Waals surface area (Å²) in [7, 11) is 0. The van der Waals surface area contributed by atoms with Crippen molar-refractivity contribution < 1.29 is 27.6 Å². The fourth-order valence-corrected chi connectivity index (χ4v) is 3.31. The minimum Gasteiger partial charge on any atom is -0.384 e. The fraction of sp³-hybridized carbons (Fsp3) is 0.318. The van der Waals surface area contributed by atoms with Gasteiger partial charge < -0.3 is 5.73 Å². The SMILES string of the molecule is C[C@@H](CC(=O)N1C(=O)[C@H](Cc2ccnc(N)c2)[C@H]1C#N)c1ccccc1.O=CC(F)(F)F. The monoisotopic (exact) mass is 446 g/mol. The van der Waals surface area contributed by atoms with Gasteiger partial charge in [0.25, 0.3) is 0 Å². The van der Waals surface area contributed by atoms with Gasteiger partial charge >= 0.3 is 6.18 Å². The Morgan fingerprint density at radius 2 is 1.94 bits per heavy atom. The van der Waals surface area contributed by atoms with Crippen molar-refractivity contribution in [2.24, 2.45) is 5.92 Å². The second-order valence-corrected chi connectivity index (χ2v) is 7.25. The van der Waals surface area contributed by atoms with E-state index in [1.807, 2.05) is 37.3 Å². The Hall–Kier alpha value is -3.74. The lowest BCUT2D eigenvalue weighted by Crippen LogP contribution is -2.63. The number of pyridine rings is 1. The van der Waals surface area contributed by atoms with Crippen molar-refractivity contribution in [3.63, 3.8) is 0 Å². The maximum Gasteiger partial charge on any atom is 0.446 e. The number of likely N-dealkylation sites (tertiary alicyclic amines) is 1. The minimum atomic E-state index is -4.64. The Morgan fingerprint density at radius 3 is 2.47 bits per heavy atom. The molecule has 10 heteroatoms. The Bertz CT molecular complexity index is 1010. The zero-order valence-corrected chi connectivity index (χ0v) is 17.1. The van der Waals surface area contributed by atoms with Crippen molar-refractivity contribution >= 4 is 23.9 Å². The lowest BCUT2D eigenvalue weighted by atomic mass is 9.82. The first kappa shape index (κ1) is 24.5. The molecule has 1 fully saturated rings. The first-order chi connectivity index (χ1) is 15.1. The standard InChI is InChI=1S/C20H20N4O2.C2HF3O/c1-13(15-5-3-2-4-6-15)9-19(25)24-17(12-21)16(20(24)26)10-14-7-8-23-18(22)11-14;3-2(4,5)1-6/h2-8,11,13,16-17H,9-10H2,1H3,(H2,22,23);1H/t13-,16+,17+;/m0./s1. The normalized spacial score (nSPS) is 18.5. The summed E-state index contributed by atoms with van der Waals surface area (Å²) in [5.41, 5.74) is 7.52. The van der Waals surface area contributed by atoms with Gasteiger partial charge in [0.05, 0.1) is 12.0 Å². The maximum atomic E-state index is 12.6. The quantitative estimate of drug-likeness (QED) is 0.557. The van der Waals surface area contributed by atoms with Gasteiger partial charge in [-0.3, -0.25) is 19.3 Å². The Labute approximate surface area is 182 Å². The highest BCUT2D eigenvalue weighted by atomic mass is 19.4. The van der Waals surface area contributed by atoms with Crippen LogP contribution in [0.1, 0.15) is 30.4 Å². The van der Waals surface area contributed by atoms with Gasteiger partial charge in [0, 0.05) is 12.6 Å². The second kappa shape index (κ2) is 10.5. The number of hydrogen-bond donors (Lipinski definition) is 1. The lowest BCUT2D eigenvalue weighted by Gasteiger charge is -2.42. The number of carbonyl (C=O) groups is 3. The van der Waals surface area contributed by atoms with E-state index < -0.39 is 24.4 Å². The summed E-state index contributed by atoms with van der Waals surface area (Å²) in [6.07, 6.45) is -3.56. The summed E-state index contributed by atoms with van der Waals surface area (Å²) in [4.78, 5) is 38.8. The van der Waals surface area contributed by atoms with Crippen LogP contribution in [0.5, 0.6) is 0 Å². The van der Waals surface area contributed by atoms with E-state index in [0.29, 0.717) is 12.2 Å². The van der Waals surface area contributed by atoms with E-state index in [4.69, 9.17) is 10.5 Å². The third kappa shape index (κ3) is 6.38.